The summed E-state index contributed by atoms with van der Waals surface area (Å²) in [6, 6.07) is 6.91. The molecule has 3 N–H and O–H groups in total. The van der Waals surface area contributed by atoms with E-state index in [1.165, 1.54) is 11.1 Å². The highest BCUT2D eigenvalue weighted by Crippen LogP contribution is 2.22. The molecule has 0 saturated heterocycles. The number of rotatable bonds is 7. The Hall–Kier alpha value is -0.820. The highest BCUT2D eigenvalue weighted by molar-refractivity contribution is 14.0. The molecule has 0 saturated carbocycles. The van der Waals surface area contributed by atoms with Crippen LogP contribution in [-0.2, 0) is 12.8 Å². The molecule has 0 bridgehead atoms. The monoisotopic (exact) mass is 418 g/mol. The van der Waals surface area contributed by atoms with Crippen molar-refractivity contribution in [1.29, 1.82) is 0 Å². The number of nitrogens with two attached hydrogens (primary N) is 1. The van der Waals surface area contributed by atoms with Gasteiger partial charge in [-0.15, -0.1) is 24.0 Å². The smallest absolute Gasteiger partial charge is 0.193 e. The fourth-order valence-corrected chi connectivity index (χ4v) is 2.16. The number of nitrogens with zero attached hydrogens (tertiary/aromatic N) is 2. The molecule has 0 aliphatic carbocycles. The largest absolute Gasteiger partial charge is 0.370 e. The van der Waals surface area contributed by atoms with E-state index in [4.69, 9.17) is 5.73 Å². The molecule has 1 aromatic rings. The van der Waals surface area contributed by atoms with Crippen molar-refractivity contribution in [2.24, 2.45) is 10.7 Å². The van der Waals surface area contributed by atoms with E-state index in [-0.39, 0.29) is 24.0 Å². The summed E-state index contributed by atoms with van der Waals surface area (Å²) in [7, 11) is 2.10. The van der Waals surface area contributed by atoms with Crippen LogP contribution in [0.5, 0.6) is 0 Å². The van der Waals surface area contributed by atoms with Crippen LogP contribution in [0.15, 0.2) is 23.2 Å². The van der Waals surface area contributed by atoms with E-state index in [0.29, 0.717) is 18.5 Å². The Morgan fingerprint density at radius 3 is 2.23 bits per heavy atom. The number of guanidine groups is 1. The van der Waals surface area contributed by atoms with Crippen LogP contribution >= 0.6 is 24.0 Å². The molecule has 0 spiro atoms. The number of likely N-dealkylation sites (N-methyl/N-ethyl adjacent to an activating group) is 1. The molecular weight excluding hydrogens is 387 g/mol. The van der Waals surface area contributed by atoms with E-state index in [0.717, 1.165) is 25.1 Å². The third-order valence-electron chi connectivity index (χ3n) is 3.87. The Kier molecular flexibility index (Phi) is 10.4. The van der Waals surface area contributed by atoms with Crippen LogP contribution in [0.4, 0.5) is 5.69 Å². The molecule has 0 aliphatic rings. The summed E-state index contributed by atoms with van der Waals surface area (Å²) in [5, 5.41) is 3.29. The van der Waals surface area contributed by atoms with E-state index in [1.54, 1.807) is 0 Å². The number of benzene rings is 1. The highest BCUT2D eigenvalue weighted by Gasteiger charge is 2.07. The molecule has 1 aromatic carbocycles. The van der Waals surface area contributed by atoms with Crippen molar-refractivity contribution in [2.45, 2.75) is 46.6 Å². The molecule has 22 heavy (non-hydrogen) atoms. The van der Waals surface area contributed by atoms with Crippen LogP contribution in [0.25, 0.3) is 0 Å². The summed E-state index contributed by atoms with van der Waals surface area (Å²) in [5.41, 5.74) is 9.73. The van der Waals surface area contributed by atoms with Crippen molar-refractivity contribution in [3.05, 3.63) is 29.3 Å². The quantitative estimate of drug-likeness (QED) is 0.405. The van der Waals surface area contributed by atoms with Gasteiger partial charge in [-0.1, -0.05) is 32.0 Å². The average Bonchev–Trinajstić information content (AvgIpc) is 2.47. The van der Waals surface area contributed by atoms with Crippen LogP contribution in [0.2, 0.25) is 0 Å². The Morgan fingerprint density at radius 2 is 1.77 bits per heavy atom. The maximum atomic E-state index is 6.04. The van der Waals surface area contributed by atoms with Crippen molar-refractivity contribution in [3.8, 4) is 0 Å². The zero-order valence-corrected chi connectivity index (χ0v) is 16.8. The first-order valence-corrected chi connectivity index (χ1v) is 7.87. The molecular formula is C17H31IN4. The summed E-state index contributed by atoms with van der Waals surface area (Å²) < 4.78 is 0. The topological polar surface area (TPSA) is 53.6 Å². The molecule has 0 aromatic heterocycles. The second kappa shape index (κ2) is 10.8. The number of anilines is 1. The molecule has 0 aliphatic heterocycles. The third-order valence-corrected chi connectivity index (χ3v) is 3.87. The van der Waals surface area contributed by atoms with Gasteiger partial charge < -0.3 is 16.0 Å². The van der Waals surface area contributed by atoms with Gasteiger partial charge in [0, 0.05) is 18.3 Å². The van der Waals surface area contributed by atoms with Crippen molar-refractivity contribution in [2.75, 3.05) is 25.5 Å². The van der Waals surface area contributed by atoms with Gasteiger partial charge in [0.1, 0.15) is 0 Å². The number of halogens is 1. The molecule has 0 unspecified atom stereocenters. The standard InChI is InChI=1S/C17H30N4.HI/c1-6-14-9-8-10-15(7-2)16(14)20-17(18)19-11-12-21(5)13(3)4;/h8-10,13H,6-7,11-12H2,1-5H3,(H3,18,19,20);1H. The Morgan fingerprint density at radius 1 is 1.23 bits per heavy atom. The Labute approximate surface area is 152 Å². The SMILES string of the molecule is CCc1cccc(CC)c1NC(N)=NCCN(C)C(C)C.I. The maximum absolute atomic E-state index is 6.04. The number of nitrogens with one attached hydrogen (secondary N) is 1. The van der Waals surface area contributed by atoms with E-state index in [2.05, 4.69) is 68.2 Å². The molecule has 1 rings (SSSR count). The van der Waals surface area contributed by atoms with Crippen molar-refractivity contribution in [3.63, 3.8) is 0 Å². The second-order valence-corrected chi connectivity index (χ2v) is 5.62. The number of hydrogen-bond donors (Lipinski definition) is 2. The summed E-state index contributed by atoms with van der Waals surface area (Å²) in [5.74, 6) is 0.503. The van der Waals surface area contributed by atoms with Crippen molar-refractivity contribution < 1.29 is 0 Å². The van der Waals surface area contributed by atoms with Crippen LogP contribution < -0.4 is 11.1 Å². The minimum absolute atomic E-state index is 0. The van der Waals surface area contributed by atoms with Gasteiger partial charge in [-0.3, -0.25) is 4.99 Å². The first-order valence-electron chi connectivity index (χ1n) is 7.87. The average molecular weight is 418 g/mol. The molecule has 5 heteroatoms. The van der Waals surface area contributed by atoms with Gasteiger partial charge >= 0.3 is 0 Å². The summed E-state index contributed by atoms with van der Waals surface area (Å²) in [6.45, 7) is 10.3. The van der Waals surface area contributed by atoms with Gasteiger partial charge in [-0.05, 0) is 44.9 Å². The molecule has 0 radical (unpaired) electrons. The highest BCUT2D eigenvalue weighted by atomic mass is 127. The first-order chi connectivity index (χ1) is 9.99. The normalized spacial score (nSPS) is 11.7. The van der Waals surface area contributed by atoms with Gasteiger partial charge in [0.2, 0.25) is 0 Å². The second-order valence-electron chi connectivity index (χ2n) is 5.62. The van der Waals surface area contributed by atoms with Gasteiger partial charge in [-0.25, -0.2) is 0 Å². The third kappa shape index (κ3) is 6.52. The van der Waals surface area contributed by atoms with Crippen LogP contribution in [0.1, 0.15) is 38.8 Å². The van der Waals surface area contributed by atoms with E-state index >= 15 is 0 Å². The lowest BCUT2D eigenvalue weighted by Gasteiger charge is -2.20. The van der Waals surface area contributed by atoms with Crippen LogP contribution in [-0.4, -0.2) is 37.0 Å². The lowest BCUT2D eigenvalue weighted by molar-refractivity contribution is 0.282. The predicted molar refractivity (Wildman–Crippen MR) is 108 cm³/mol. The molecule has 0 atom stereocenters. The van der Waals surface area contributed by atoms with E-state index in [9.17, 15) is 0 Å². The summed E-state index contributed by atoms with van der Waals surface area (Å²) >= 11 is 0. The van der Waals surface area contributed by atoms with Gasteiger partial charge in [-0.2, -0.15) is 0 Å². The minimum atomic E-state index is 0. The van der Waals surface area contributed by atoms with E-state index < -0.39 is 0 Å². The maximum Gasteiger partial charge on any atom is 0.193 e. The lowest BCUT2D eigenvalue weighted by atomic mass is 10.0. The van der Waals surface area contributed by atoms with Crippen LogP contribution in [0.3, 0.4) is 0 Å². The lowest BCUT2D eigenvalue weighted by Crippen LogP contribution is -2.30. The summed E-state index contributed by atoms with van der Waals surface area (Å²) in [4.78, 5) is 6.69. The zero-order chi connectivity index (χ0) is 15.8. The van der Waals surface area contributed by atoms with Crippen molar-refractivity contribution >= 4 is 35.6 Å². The van der Waals surface area contributed by atoms with Gasteiger partial charge in [0.05, 0.1) is 6.54 Å². The Bertz CT molecular complexity index is 449. The molecule has 0 fully saturated rings. The summed E-state index contributed by atoms with van der Waals surface area (Å²) in [6.07, 6.45) is 1.97. The number of para-hydroxylation sites is 1. The fraction of sp³-hybridized carbons (Fsp3) is 0.588. The Balaban J connectivity index is 0.00000441. The molecule has 4 nitrogen and oxygen atoms in total. The first kappa shape index (κ1) is 21.2. The van der Waals surface area contributed by atoms with Crippen LogP contribution in [0, 0.1) is 0 Å². The number of hydrogen-bond acceptors (Lipinski definition) is 2. The zero-order valence-electron chi connectivity index (χ0n) is 14.5. The van der Waals surface area contributed by atoms with Crippen molar-refractivity contribution in [1.82, 2.24) is 4.90 Å². The number of aliphatic imine (C=N–C) groups is 1. The van der Waals surface area contributed by atoms with Gasteiger partial charge in [0.15, 0.2) is 5.96 Å². The fourth-order valence-electron chi connectivity index (χ4n) is 2.16. The minimum Gasteiger partial charge on any atom is -0.370 e. The van der Waals surface area contributed by atoms with Gasteiger partial charge in [0.25, 0.3) is 0 Å². The predicted octanol–water partition coefficient (Wildman–Crippen LogP) is 3.50. The molecule has 0 heterocycles. The molecule has 126 valence electrons. The number of aryl methyl sites for hydroxylation is 2. The van der Waals surface area contributed by atoms with E-state index in [1.807, 2.05) is 0 Å². The molecule has 0 amide bonds.